The number of aromatic nitrogens is 2. The van der Waals surface area contributed by atoms with Crippen LogP contribution in [-0.4, -0.2) is 125 Å². The van der Waals surface area contributed by atoms with Crippen molar-refractivity contribution in [1.82, 2.24) is 30.2 Å². The fourth-order valence-corrected chi connectivity index (χ4v) is 10.2. The van der Waals surface area contributed by atoms with Crippen molar-refractivity contribution in [2.24, 2.45) is 0 Å². The maximum absolute atomic E-state index is 16.0. The topological polar surface area (TPSA) is 172 Å². The maximum Gasteiger partial charge on any atom is 0.265 e. The minimum Gasteiger partial charge on any atom is -0.381 e. The zero-order valence-electron chi connectivity index (χ0n) is 36.7. The molecule has 18 heteroatoms. The third-order valence-electron chi connectivity index (χ3n) is 13.8. The molecule has 5 aromatic rings. The average Bonchev–Trinajstić information content (AvgIpc) is 3.83. The molecule has 4 aromatic carbocycles. The number of piperazine rings is 1. The number of ether oxygens (including phenoxy) is 1. The highest BCUT2D eigenvalue weighted by molar-refractivity contribution is 6.23. The third-order valence-corrected chi connectivity index (χ3v) is 13.8. The van der Waals surface area contributed by atoms with Crippen LogP contribution >= 0.6 is 0 Å². The van der Waals surface area contributed by atoms with E-state index < -0.39 is 47.1 Å². The van der Waals surface area contributed by atoms with E-state index in [1.54, 1.807) is 6.07 Å². The molecule has 1 aromatic heterocycles. The van der Waals surface area contributed by atoms with Gasteiger partial charge in [-0.3, -0.25) is 49.1 Å². The van der Waals surface area contributed by atoms with Crippen LogP contribution in [0, 0.1) is 17.5 Å². The van der Waals surface area contributed by atoms with Crippen LogP contribution in [0.2, 0.25) is 0 Å². The molecule has 0 aliphatic carbocycles. The van der Waals surface area contributed by atoms with E-state index in [4.69, 9.17) is 4.74 Å². The number of halogens is 3. The second kappa shape index (κ2) is 18.6. The van der Waals surface area contributed by atoms with E-state index in [2.05, 4.69) is 40.8 Å². The Hall–Kier alpha value is -6.63. The standard InChI is InChI=1S/C49H50F3N9O6/c50-31-22-29(23-32(51)25-31)21-28-1-6-39-38(24-28)45(57-56-39)55-46(63)36-5-3-35(26-40(36)53-33-11-19-67-20-12-33)60-17-15-59(16-18-60)34-9-13-58(14-10-34)27-30-2-4-37-43(44(30)52)49(66)61(48(37)65)41-7-8-42(62)54-47(41)64/h1-6,22-26,33-34,41,53H,7-21,27H2,(H,54,62,64)(H2,55,56,57,63). The lowest BCUT2D eigenvalue weighted by Gasteiger charge is -2.43. The Kier molecular flexibility index (Phi) is 12.3. The molecule has 0 radical (unpaired) electrons. The van der Waals surface area contributed by atoms with Gasteiger partial charge in [0.15, 0.2) is 5.82 Å². The molecule has 15 nitrogen and oxygen atoms in total. The molecule has 10 rings (SSSR count). The SMILES string of the molecule is O=C1CCC(N2C(=O)c3ccc(CN4CCC(N5CCN(c6ccc(C(=O)Nc7n[nH]c8ccc(Cc9cc(F)cc(F)c9)cc78)c(NC7CCOCC7)c6)CC5)CC4)c(F)c3C2=O)C(=O)N1. The van der Waals surface area contributed by atoms with Gasteiger partial charge < -0.3 is 20.3 Å². The van der Waals surface area contributed by atoms with Crippen molar-refractivity contribution < 1.29 is 41.9 Å². The second-order valence-corrected chi connectivity index (χ2v) is 18.1. The number of benzene rings is 4. The molecule has 5 amide bonds. The number of hydrogen-bond donors (Lipinski definition) is 4. The van der Waals surface area contributed by atoms with E-state index in [0.717, 1.165) is 87.2 Å². The molecule has 0 spiro atoms. The van der Waals surface area contributed by atoms with Crippen molar-refractivity contribution in [3.63, 3.8) is 0 Å². The molecule has 5 aliphatic rings. The van der Waals surface area contributed by atoms with Gasteiger partial charge in [0.2, 0.25) is 11.8 Å². The summed E-state index contributed by atoms with van der Waals surface area (Å²) in [5, 5.41) is 16.8. The van der Waals surface area contributed by atoms with Crippen molar-refractivity contribution >= 4 is 57.6 Å². The number of carbonyl (C=O) groups is 5. The van der Waals surface area contributed by atoms with Crippen LogP contribution < -0.4 is 20.9 Å². The number of aromatic amines is 1. The van der Waals surface area contributed by atoms with Crippen LogP contribution in [0.25, 0.3) is 10.9 Å². The highest BCUT2D eigenvalue weighted by Gasteiger charge is 2.46. The molecular formula is C49H50F3N9O6. The van der Waals surface area contributed by atoms with Crippen molar-refractivity contribution in [3.05, 3.63) is 118 Å². The number of amides is 5. The Bertz CT molecular complexity index is 2760. The summed E-state index contributed by atoms with van der Waals surface area (Å²) in [5.74, 6) is -4.81. The van der Waals surface area contributed by atoms with Crippen LogP contribution in [0.5, 0.6) is 0 Å². The molecule has 0 bridgehead atoms. The number of nitrogens with zero attached hydrogens (tertiary/aromatic N) is 5. The number of hydrogen-bond acceptors (Lipinski definition) is 11. The van der Waals surface area contributed by atoms with Gasteiger partial charge in [-0.05, 0) is 111 Å². The highest BCUT2D eigenvalue weighted by atomic mass is 19.1. The summed E-state index contributed by atoms with van der Waals surface area (Å²) in [5.41, 5.74) is 4.11. The van der Waals surface area contributed by atoms with Gasteiger partial charge in [0.05, 0.1) is 22.2 Å². The number of piperidine rings is 2. The molecule has 6 heterocycles. The number of likely N-dealkylation sites (tertiary alicyclic amines) is 1. The summed E-state index contributed by atoms with van der Waals surface area (Å²) in [6.45, 7) is 6.26. The van der Waals surface area contributed by atoms with Gasteiger partial charge in [-0.15, -0.1) is 0 Å². The molecule has 1 atom stereocenters. The zero-order valence-corrected chi connectivity index (χ0v) is 36.7. The summed E-state index contributed by atoms with van der Waals surface area (Å²) in [6.07, 6.45) is 3.66. The van der Waals surface area contributed by atoms with Crippen LogP contribution in [0.1, 0.15) is 86.3 Å². The predicted molar refractivity (Wildman–Crippen MR) is 242 cm³/mol. The van der Waals surface area contributed by atoms with Gasteiger partial charge in [-0.2, -0.15) is 5.10 Å². The van der Waals surface area contributed by atoms with E-state index in [0.29, 0.717) is 64.8 Å². The molecule has 4 saturated heterocycles. The Balaban J connectivity index is 0.765. The molecule has 67 heavy (non-hydrogen) atoms. The molecule has 4 N–H and O–H groups in total. The summed E-state index contributed by atoms with van der Waals surface area (Å²) in [4.78, 5) is 72.5. The number of anilines is 3. The first-order chi connectivity index (χ1) is 32.4. The van der Waals surface area contributed by atoms with E-state index in [9.17, 15) is 32.8 Å². The largest absolute Gasteiger partial charge is 0.381 e. The molecule has 348 valence electrons. The van der Waals surface area contributed by atoms with Gasteiger partial charge in [0.1, 0.15) is 23.5 Å². The first kappa shape index (κ1) is 44.2. The van der Waals surface area contributed by atoms with Crippen molar-refractivity contribution in [2.75, 3.05) is 68.0 Å². The van der Waals surface area contributed by atoms with E-state index >= 15 is 4.39 Å². The number of H-pyrrole nitrogens is 1. The Morgan fingerprint density at radius 2 is 1.55 bits per heavy atom. The molecule has 0 saturated carbocycles. The number of imide groups is 2. The number of nitrogens with one attached hydrogen (secondary N) is 4. The fraction of sp³-hybridized carbons (Fsp3) is 0.388. The number of fused-ring (bicyclic) bond motifs is 2. The summed E-state index contributed by atoms with van der Waals surface area (Å²) in [6, 6.07) is 17.2. The summed E-state index contributed by atoms with van der Waals surface area (Å²) in [7, 11) is 0. The van der Waals surface area contributed by atoms with Crippen molar-refractivity contribution in [2.45, 2.75) is 69.6 Å². The minimum atomic E-state index is -1.16. The highest BCUT2D eigenvalue weighted by Crippen LogP contribution is 2.33. The summed E-state index contributed by atoms with van der Waals surface area (Å²) < 4.78 is 49.4. The van der Waals surface area contributed by atoms with Crippen LogP contribution in [0.4, 0.5) is 30.4 Å². The monoisotopic (exact) mass is 917 g/mol. The van der Waals surface area contributed by atoms with Crippen molar-refractivity contribution in [3.8, 4) is 0 Å². The summed E-state index contributed by atoms with van der Waals surface area (Å²) >= 11 is 0. The lowest BCUT2D eigenvalue weighted by molar-refractivity contribution is -0.136. The normalized spacial score (nSPS) is 20.1. The lowest BCUT2D eigenvalue weighted by Crippen LogP contribution is -2.54. The van der Waals surface area contributed by atoms with E-state index in [1.807, 2.05) is 36.4 Å². The van der Waals surface area contributed by atoms with Crippen molar-refractivity contribution in [1.29, 1.82) is 0 Å². The quantitative estimate of drug-likeness (QED) is 0.122. The number of rotatable bonds is 11. The molecular weight excluding hydrogens is 868 g/mol. The maximum atomic E-state index is 16.0. The van der Waals surface area contributed by atoms with Crippen LogP contribution in [0.3, 0.4) is 0 Å². The Morgan fingerprint density at radius 1 is 0.791 bits per heavy atom. The smallest absolute Gasteiger partial charge is 0.265 e. The average molecular weight is 918 g/mol. The van der Waals surface area contributed by atoms with Gasteiger partial charge in [-0.1, -0.05) is 12.1 Å². The zero-order chi connectivity index (χ0) is 46.3. The minimum absolute atomic E-state index is 0.00151. The van der Waals surface area contributed by atoms with Crippen LogP contribution in [0.15, 0.2) is 66.7 Å². The molecule has 4 fully saturated rings. The second-order valence-electron chi connectivity index (χ2n) is 18.1. The third kappa shape index (κ3) is 9.12. The Morgan fingerprint density at radius 3 is 2.30 bits per heavy atom. The van der Waals surface area contributed by atoms with E-state index in [-0.39, 0.29) is 42.5 Å². The first-order valence-electron chi connectivity index (χ1n) is 22.9. The Labute approximate surface area is 384 Å². The van der Waals surface area contributed by atoms with Crippen LogP contribution in [-0.2, 0) is 27.3 Å². The van der Waals surface area contributed by atoms with Gasteiger partial charge in [-0.25, -0.2) is 13.2 Å². The molecule has 1 unspecified atom stereocenters. The van der Waals surface area contributed by atoms with Gasteiger partial charge in [0.25, 0.3) is 17.7 Å². The lowest BCUT2D eigenvalue weighted by atomic mass is 10.00. The molecule has 5 aliphatic heterocycles. The van der Waals surface area contributed by atoms with E-state index in [1.165, 1.54) is 18.2 Å². The van der Waals surface area contributed by atoms with Gasteiger partial charge in [0, 0.05) is 92.8 Å². The van der Waals surface area contributed by atoms with Gasteiger partial charge >= 0.3 is 0 Å². The fourth-order valence-electron chi connectivity index (χ4n) is 10.2. The predicted octanol–water partition coefficient (Wildman–Crippen LogP) is 5.60. The number of carbonyl (C=O) groups excluding carboxylic acids is 5. The first-order valence-corrected chi connectivity index (χ1v) is 22.9.